The summed E-state index contributed by atoms with van der Waals surface area (Å²) in [5.74, 6) is 2.76. The molecule has 0 spiro atoms. The topological polar surface area (TPSA) is 42.9 Å². The molecule has 18 heavy (non-hydrogen) atoms. The second-order valence-corrected chi connectivity index (χ2v) is 6.38. The van der Waals surface area contributed by atoms with E-state index in [9.17, 15) is 4.79 Å². The summed E-state index contributed by atoms with van der Waals surface area (Å²) in [6.07, 6.45) is 4.01. The molecule has 0 saturated heterocycles. The number of Topliss-reactive ketones (excluding diaryl/α,β-unsaturated/α-hetero) is 1. The van der Waals surface area contributed by atoms with E-state index in [-0.39, 0.29) is 17.0 Å². The molecule has 3 nitrogen and oxygen atoms in total. The molecule has 0 aliphatic heterocycles. The SMILES string of the molecule is CC(C)CSC(CC(=O)C(C)C)c1ncccn1. The zero-order valence-electron chi connectivity index (χ0n) is 11.6. The van der Waals surface area contributed by atoms with Crippen LogP contribution in [0, 0.1) is 11.8 Å². The van der Waals surface area contributed by atoms with E-state index < -0.39 is 0 Å². The number of hydrogen-bond acceptors (Lipinski definition) is 4. The second kappa shape index (κ2) is 7.52. The van der Waals surface area contributed by atoms with Crippen LogP contribution in [0.15, 0.2) is 18.5 Å². The number of thioether (sulfide) groups is 1. The summed E-state index contributed by atoms with van der Waals surface area (Å²) in [6.45, 7) is 8.25. The van der Waals surface area contributed by atoms with Gasteiger partial charge in [-0.25, -0.2) is 9.97 Å². The van der Waals surface area contributed by atoms with Crippen molar-refractivity contribution in [2.45, 2.75) is 39.4 Å². The Morgan fingerprint density at radius 1 is 1.22 bits per heavy atom. The summed E-state index contributed by atoms with van der Waals surface area (Å²) in [5.41, 5.74) is 0. The lowest BCUT2D eigenvalue weighted by Gasteiger charge is -2.16. The molecule has 0 radical (unpaired) electrons. The highest BCUT2D eigenvalue weighted by Crippen LogP contribution is 2.32. The van der Waals surface area contributed by atoms with Crippen LogP contribution in [0.4, 0.5) is 0 Å². The highest BCUT2D eigenvalue weighted by Gasteiger charge is 2.20. The van der Waals surface area contributed by atoms with Crippen molar-refractivity contribution in [3.8, 4) is 0 Å². The van der Waals surface area contributed by atoms with Crippen LogP contribution in [0.2, 0.25) is 0 Å². The molecule has 100 valence electrons. The van der Waals surface area contributed by atoms with Crippen molar-refractivity contribution in [2.24, 2.45) is 11.8 Å². The van der Waals surface area contributed by atoms with Crippen LogP contribution < -0.4 is 0 Å². The minimum Gasteiger partial charge on any atom is -0.299 e. The molecule has 0 aliphatic rings. The molecule has 0 bridgehead atoms. The second-order valence-electron chi connectivity index (χ2n) is 5.15. The van der Waals surface area contributed by atoms with Crippen molar-refractivity contribution in [1.82, 2.24) is 9.97 Å². The number of carbonyl (C=O) groups is 1. The van der Waals surface area contributed by atoms with Gasteiger partial charge in [-0.1, -0.05) is 27.7 Å². The largest absolute Gasteiger partial charge is 0.299 e. The summed E-state index contributed by atoms with van der Waals surface area (Å²) >= 11 is 1.78. The first kappa shape index (κ1) is 15.2. The van der Waals surface area contributed by atoms with E-state index in [0.29, 0.717) is 12.3 Å². The highest BCUT2D eigenvalue weighted by atomic mass is 32.2. The van der Waals surface area contributed by atoms with Crippen LogP contribution in [0.25, 0.3) is 0 Å². The summed E-state index contributed by atoms with van der Waals surface area (Å²) in [4.78, 5) is 20.5. The molecule has 0 aromatic carbocycles. The van der Waals surface area contributed by atoms with E-state index in [1.165, 1.54) is 0 Å². The molecule has 4 heteroatoms. The van der Waals surface area contributed by atoms with Gasteiger partial charge in [-0.15, -0.1) is 11.8 Å². The summed E-state index contributed by atoms with van der Waals surface area (Å²) in [6, 6.07) is 1.80. The van der Waals surface area contributed by atoms with Crippen LogP contribution in [-0.2, 0) is 4.79 Å². The summed E-state index contributed by atoms with van der Waals surface area (Å²) < 4.78 is 0. The minimum atomic E-state index is 0.0795. The van der Waals surface area contributed by atoms with Gasteiger partial charge in [0.05, 0.1) is 5.25 Å². The first-order valence-electron chi connectivity index (χ1n) is 6.42. The van der Waals surface area contributed by atoms with Gasteiger partial charge in [0.1, 0.15) is 11.6 Å². The van der Waals surface area contributed by atoms with Gasteiger partial charge in [0, 0.05) is 24.7 Å². The molecule has 0 fully saturated rings. The van der Waals surface area contributed by atoms with E-state index in [1.807, 2.05) is 13.8 Å². The molecule has 0 N–H and O–H groups in total. The van der Waals surface area contributed by atoms with Gasteiger partial charge in [-0.2, -0.15) is 0 Å². The highest BCUT2D eigenvalue weighted by molar-refractivity contribution is 7.99. The molecular weight excluding hydrogens is 244 g/mol. The molecule has 1 heterocycles. The Morgan fingerprint density at radius 2 is 1.83 bits per heavy atom. The quantitative estimate of drug-likeness (QED) is 0.757. The van der Waals surface area contributed by atoms with Crippen molar-refractivity contribution in [3.05, 3.63) is 24.3 Å². The average Bonchev–Trinajstić information content (AvgIpc) is 2.34. The first-order valence-corrected chi connectivity index (χ1v) is 7.46. The molecule has 1 unspecified atom stereocenters. The first-order chi connectivity index (χ1) is 8.50. The molecule has 0 saturated carbocycles. The lowest BCUT2D eigenvalue weighted by molar-refractivity contribution is -0.121. The zero-order valence-corrected chi connectivity index (χ0v) is 12.4. The maximum atomic E-state index is 11.9. The van der Waals surface area contributed by atoms with Crippen LogP contribution in [0.1, 0.15) is 45.2 Å². The third kappa shape index (κ3) is 5.17. The van der Waals surface area contributed by atoms with E-state index in [0.717, 1.165) is 11.6 Å². The van der Waals surface area contributed by atoms with E-state index >= 15 is 0 Å². The van der Waals surface area contributed by atoms with Gasteiger partial charge in [0.2, 0.25) is 0 Å². The molecule has 1 atom stereocenters. The predicted octanol–water partition coefficient (Wildman–Crippen LogP) is 3.52. The van der Waals surface area contributed by atoms with Gasteiger partial charge >= 0.3 is 0 Å². The fourth-order valence-corrected chi connectivity index (χ4v) is 2.60. The average molecular weight is 266 g/mol. The fourth-order valence-electron chi connectivity index (χ4n) is 1.43. The van der Waals surface area contributed by atoms with E-state index in [4.69, 9.17) is 0 Å². The lowest BCUT2D eigenvalue weighted by Crippen LogP contribution is -2.13. The van der Waals surface area contributed by atoms with Crippen LogP contribution in [0.5, 0.6) is 0 Å². The predicted molar refractivity (Wildman–Crippen MR) is 76.5 cm³/mol. The summed E-state index contributed by atoms with van der Waals surface area (Å²) in [7, 11) is 0. The van der Waals surface area contributed by atoms with Gasteiger partial charge in [0.25, 0.3) is 0 Å². The van der Waals surface area contributed by atoms with E-state index in [2.05, 4.69) is 23.8 Å². The molecule has 1 aromatic heterocycles. The van der Waals surface area contributed by atoms with Crippen molar-refractivity contribution < 1.29 is 4.79 Å². The smallest absolute Gasteiger partial charge is 0.141 e. The number of rotatable bonds is 7. The van der Waals surface area contributed by atoms with Crippen LogP contribution in [-0.4, -0.2) is 21.5 Å². The molecule has 1 aromatic rings. The van der Waals surface area contributed by atoms with Crippen molar-refractivity contribution in [3.63, 3.8) is 0 Å². The Bertz CT molecular complexity index is 365. The maximum Gasteiger partial charge on any atom is 0.141 e. The molecule has 0 aliphatic carbocycles. The Kier molecular flexibility index (Phi) is 6.33. The van der Waals surface area contributed by atoms with Crippen LogP contribution in [0.3, 0.4) is 0 Å². The number of aromatic nitrogens is 2. The van der Waals surface area contributed by atoms with Gasteiger partial charge in [-0.3, -0.25) is 4.79 Å². The molecule has 0 amide bonds. The third-order valence-corrected chi connectivity index (χ3v) is 4.17. The zero-order chi connectivity index (χ0) is 13.5. The third-order valence-electron chi connectivity index (χ3n) is 2.54. The number of carbonyl (C=O) groups excluding carboxylic acids is 1. The van der Waals surface area contributed by atoms with E-state index in [1.54, 1.807) is 30.2 Å². The van der Waals surface area contributed by atoms with Gasteiger partial charge in [0.15, 0.2) is 0 Å². The van der Waals surface area contributed by atoms with Gasteiger partial charge in [-0.05, 0) is 17.7 Å². The van der Waals surface area contributed by atoms with Gasteiger partial charge < -0.3 is 0 Å². The molecule has 1 rings (SSSR count). The number of ketones is 1. The lowest BCUT2D eigenvalue weighted by atomic mass is 10.0. The van der Waals surface area contributed by atoms with Crippen molar-refractivity contribution in [1.29, 1.82) is 0 Å². The minimum absolute atomic E-state index is 0.0795. The Hall–Kier alpha value is -0.900. The Labute approximate surface area is 114 Å². The standard InChI is InChI=1S/C14H22N2OS/c1-10(2)9-18-13(8-12(17)11(3)4)14-15-6-5-7-16-14/h5-7,10-11,13H,8-9H2,1-4H3. The van der Waals surface area contributed by atoms with Crippen molar-refractivity contribution >= 4 is 17.5 Å². The normalized spacial score (nSPS) is 13.0. The fraction of sp³-hybridized carbons (Fsp3) is 0.643. The van der Waals surface area contributed by atoms with Crippen LogP contribution >= 0.6 is 11.8 Å². The summed E-state index contributed by atoms with van der Waals surface area (Å²) in [5, 5.41) is 0.0866. The monoisotopic (exact) mass is 266 g/mol. The van der Waals surface area contributed by atoms with Crippen molar-refractivity contribution in [2.75, 3.05) is 5.75 Å². The number of nitrogens with zero attached hydrogens (tertiary/aromatic N) is 2. The Morgan fingerprint density at radius 3 is 2.33 bits per heavy atom. The maximum absolute atomic E-state index is 11.9. The molecular formula is C14H22N2OS. The Balaban J connectivity index is 2.72. The number of hydrogen-bond donors (Lipinski definition) is 0.